The third kappa shape index (κ3) is 6.94. The average molecular weight is 644 g/mol. The van der Waals surface area contributed by atoms with Gasteiger partial charge in [-0.15, -0.1) is 0 Å². The van der Waals surface area contributed by atoms with Crippen molar-refractivity contribution in [3.63, 3.8) is 0 Å². The number of rotatable bonds is 9. The first-order chi connectivity index (χ1) is 23.4. The van der Waals surface area contributed by atoms with Crippen LogP contribution < -0.4 is 10.1 Å². The zero-order valence-electron chi connectivity index (χ0n) is 25.6. The molecule has 0 amide bonds. The topological polar surface area (TPSA) is 146 Å². The van der Waals surface area contributed by atoms with Crippen molar-refractivity contribution < 1.29 is 38.1 Å². The summed E-state index contributed by atoms with van der Waals surface area (Å²) in [6, 6.07) is 32.2. The molecular weight excluding hydrogens is 614 g/mol. The van der Waals surface area contributed by atoms with Crippen molar-refractivity contribution in [2.24, 2.45) is 4.99 Å². The molecular formula is C37H29N3O8. The van der Waals surface area contributed by atoms with Crippen LogP contribution in [0, 0.1) is 11.3 Å². The smallest absolute Gasteiger partial charge is 0.338 e. The van der Waals surface area contributed by atoms with Gasteiger partial charge < -0.3 is 29.0 Å². The Labute approximate surface area is 276 Å². The molecule has 0 saturated carbocycles. The number of carbonyl (C=O) groups is 3. The highest BCUT2D eigenvalue weighted by Gasteiger charge is 2.52. The molecule has 2 aliphatic rings. The molecule has 11 heteroatoms. The predicted octanol–water partition coefficient (Wildman–Crippen LogP) is 5.68. The van der Waals surface area contributed by atoms with E-state index < -0.39 is 42.3 Å². The Hall–Kier alpha value is -6.25. The van der Waals surface area contributed by atoms with Gasteiger partial charge in [0.2, 0.25) is 0 Å². The molecule has 0 aromatic heterocycles. The van der Waals surface area contributed by atoms with Crippen LogP contribution in [0.15, 0.2) is 125 Å². The van der Waals surface area contributed by atoms with E-state index in [0.717, 1.165) is 0 Å². The van der Waals surface area contributed by atoms with Gasteiger partial charge in [-0.25, -0.2) is 14.4 Å². The number of nitrogens with zero attached hydrogens (tertiary/aromatic N) is 2. The van der Waals surface area contributed by atoms with Crippen molar-refractivity contribution in [1.82, 2.24) is 0 Å². The number of esters is 3. The molecule has 0 aliphatic carbocycles. The van der Waals surface area contributed by atoms with Crippen molar-refractivity contribution in [1.29, 1.82) is 5.26 Å². The molecule has 2 heterocycles. The highest BCUT2D eigenvalue weighted by molar-refractivity contribution is 5.93. The van der Waals surface area contributed by atoms with Crippen molar-refractivity contribution in [2.45, 2.75) is 24.4 Å². The Balaban J connectivity index is 1.40. The summed E-state index contributed by atoms with van der Waals surface area (Å²) in [5.41, 5.74) is 2.05. The number of hydrogen-bond donors (Lipinski definition) is 1. The number of aliphatic imine (C=N–C) groups is 1. The molecule has 48 heavy (non-hydrogen) atoms. The van der Waals surface area contributed by atoms with Gasteiger partial charge in [-0.3, -0.25) is 4.99 Å². The van der Waals surface area contributed by atoms with Gasteiger partial charge in [0.1, 0.15) is 30.6 Å². The summed E-state index contributed by atoms with van der Waals surface area (Å²) in [5.74, 6) is -1.55. The summed E-state index contributed by atoms with van der Waals surface area (Å²) in [4.78, 5) is 44.4. The molecule has 4 aromatic carbocycles. The van der Waals surface area contributed by atoms with Crippen LogP contribution in [0.3, 0.4) is 0 Å². The highest BCUT2D eigenvalue weighted by atomic mass is 16.6. The maximum absolute atomic E-state index is 13.5. The lowest BCUT2D eigenvalue weighted by Gasteiger charge is -2.26. The quantitative estimate of drug-likeness (QED) is 0.179. The van der Waals surface area contributed by atoms with E-state index in [9.17, 15) is 19.6 Å². The maximum Gasteiger partial charge on any atom is 0.338 e. The Morgan fingerprint density at radius 2 is 1.35 bits per heavy atom. The van der Waals surface area contributed by atoms with Crippen molar-refractivity contribution in [3.8, 4) is 11.8 Å². The number of benzene rings is 4. The fourth-order valence-corrected chi connectivity index (χ4v) is 5.30. The first kappa shape index (κ1) is 31.7. The van der Waals surface area contributed by atoms with E-state index >= 15 is 0 Å². The van der Waals surface area contributed by atoms with Gasteiger partial charge in [-0.05, 0) is 48.5 Å². The second kappa shape index (κ2) is 14.5. The summed E-state index contributed by atoms with van der Waals surface area (Å²) in [7, 11) is 1.52. The monoisotopic (exact) mass is 643 g/mol. The molecule has 0 unspecified atom stereocenters. The van der Waals surface area contributed by atoms with E-state index in [0.29, 0.717) is 22.7 Å². The molecule has 0 spiro atoms. The molecule has 1 N–H and O–H groups in total. The number of allylic oxidation sites excluding steroid dienone is 1. The van der Waals surface area contributed by atoms with Crippen LogP contribution in [0.5, 0.6) is 5.75 Å². The number of fused-ring (bicyclic) bond motifs is 1. The number of hydrogen-bond acceptors (Lipinski definition) is 11. The summed E-state index contributed by atoms with van der Waals surface area (Å²) >= 11 is 0. The molecule has 11 nitrogen and oxygen atoms in total. The van der Waals surface area contributed by atoms with Gasteiger partial charge in [0.05, 0.1) is 46.4 Å². The summed E-state index contributed by atoms with van der Waals surface area (Å²) < 4.78 is 29.5. The van der Waals surface area contributed by atoms with E-state index in [1.165, 1.54) is 13.3 Å². The third-order valence-corrected chi connectivity index (χ3v) is 7.70. The van der Waals surface area contributed by atoms with Crippen LogP contribution in [-0.4, -0.2) is 62.3 Å². The van der Waals surface area contributed by atoms with Gasteiger partial charge in [-0.1, -0.05) is 54.6 Å². The molecule has 0 bridgehead atoms. The molecule has 4 atom stereocenters. The Bertz CT molecular complexity index is 1910. The van der Waals surface area contributed by atoms with Crippen LogP contribution in [0.25, 0.3) is 0 Å². The lowest BCUT2D eigenvalue weighted by molar-refractivity contribution is -0.0439. The number of carbonyl (C=O) groups excluding carboxylic acids is 3. The molecule has 2 aliphatic heterocycles. The first-order valence-corrected chi connectivity index (χ1v) is 15.0. The minimum absolute atomic E-state index is 0.0750. The fourth-order valence-electron chi connectivity index (χ4n) is 5.30. The summed E-state index contributed by atoms with van der Waals surface area (Å²) in [5, 5.41) is 13.4. The van der Waals surface area contributed by atoms with E-state index in [-0.39, 0.29) is 29.0 Å². The van der Waals surface area contributed by atoms with Crippen LogP contribution in [0.1, 0.15) is 31.1 Å². The van der Waals surface area contributed by atoms with Crippen LogP contribution in [-0.2, 0) is 18.9 Å². The Morgan fingerprint density at radius 3 is 1.92 bits per heavy atom. The molecule has 240 valence electrons. The SMILES string of the molecule is COc1ccc2c(c1)NC([C@@H]1O[C@H](COC(=O)c3ccccc3)[C@@H](OC(=O)c3ccccc3)[C@H]1OC(=O)c1ccccc1)=C(C#N)C=N2. The molecule has 1 saturated heterocycles. The van der Waals surface area contributed by atoms with Crippen LogP contribution in [0.4, 0.5) is 11.4 Å². The van der Waals surface area contributed by atoms with Gasteiger partial charge in [0, 0.05) is 12.3 Å². The molecule has 6 rings (SSSR count). The average Bonchev–Trinajstić information content (AvgIpc) is 3.34. The molecule has 4 aromatic rings. The van der Waals surface area contributed by atoms with Crippen LogP contribution >= 0.6 is 0 Å². The fraction of sp³-hybridized carbons (Fsp3) is 0.162. The van der Waals surface area contributed by atoms with Gasteiger partial charge in [0.25, 0.3) is 0 Å². The highest BCUT2D eigenvalue weighted by Crippen LogP contribution is 2.38. The van der Waals surface area contributed by atoms with E-state index in [1.54, 1.807) is 109 Å². The first-order valence-electron chi connectivity index (χ1n) is 15.0. The Morgan fingerprint density at radius 1 is 0.792 bits per heavy atom. The summed E-state index contributed by atoms with van der Waals surface area (Å²) in [6.45, 7) is -0.371. The maximum atomic E-state index is 13.5. The molecule has 0 radical (unpaired) electrons. The van der Waals surface area contributed by atoms with Crippen LogP contribution in [0.2, 0.25) is 0 Å². The lowest BCUT2D eigenvalue weighted by atomic mass is 10.0. The third-order valence-electron chi connectivity index (χ3n) is 7.70. The van der Waals surface area contributed by atoms with Gasteiger partial charge in [0.15, 0.2) is 12.2 Å². The number of methoxy groups -OCH3 is 1. The van der Waals surface area contributed by atoms with E-state index in [1.807, 2.05) is 0 Å². The molecule has 1 fully saturated rings. The number of nitrogens with one attached hydrogen (secondary N) is 1. The Kier molecular flexibility index (Phi) is 9.55. The van der Waals surface area contributed by atoms with E-state index in [4.69, 9.17) is 23.7 Å². The zero-order chi connectivity index (χ0) is 33.5. The minimum atomic E-state index is -1.31. The van der Waals surface area contributed by atoms with Crippen molar-refractivity contribution >= 4 is 35.5 Å². The number of nitriles is 1. The van der Waals surface area contributed by atoms with Crippen molar-refractivity contribution in [3.05, 3.63) is 137 Å². The standard InChI is InChI=1S/C37H29N3O8/c1-44-27-17-18-28-29(19-27)40-31(26(20-38)21-39-28)33-34(48-37(43)25-15-9-4-10-16-25)32(47-36(42)24-13-7-3-8-14-24)30(46-33)22-45-35(41)23-11-5-2-6-12-23/h2-19,21,30,32-34,40H,22H2,1H3/t30-,32-,33+,34-/m1/s1. The second-order valence-electron chi connectivity index (χ2n) is 10.7. The predicted molar refractivity (Wildman–Crippen MR) is 174 cm³/mol. The van der Waals surface area contributed by atoms with Gasteiger partial charge in [-0.2, -0.15) is 5.26 Å². The summed E-state index contributed by atoms with van der Waals surface area (Å²) in [6.07, 6.45) is -3.54. The van der Waals surface area contributed by atoms with Crippen molar-refractivity contribution in [2.75, 3.05) is 19.0 Å². The lowest BCUT2D eigenvalue weighted by Crippen LogP contribution is -2.43. The minimum Gasteiger partial charge on any atom is -0.497 e. The second-order valence-corrected chi connectivity index (χ2v) is 10.7. The van der Waals surface area contributed by atoms with E-state index in [2.05, 4.69) is 16.4 Å². The number of anilines is 1. The normalized spacial score (nSPS) is 19.6. The van der Waals surface area contributed by atoms with Gasteiger partial charge >= 0.3 is 17.9 Å². The number of ether oxygens (including phenoxy) is 5. The largest absolute Gasteiger partial charge is 0.497 e. The zero-order valence-corrected chi connectivity index (χ0v) is 25.6.